The molecule has 0 unspecified atom stereocenters. The summed E-state index contributed by atoms with van der Waals surface area (Å²) in [5.41, 5.74) is 1.10. The second kappa shape index (κ2) is 8.04. The third kappa shape index (κ3) is 4.63. The van der Waals surface area contributed by atoms with E-state index in [1.54, 1.807) is 7.11 Å². The van der Waals surface area contributed by atoms with Gasteiger partial charge in [0, 0.05) is 18.7 Å². The highest BCUT2D eigenvalue weighted by Crippen LogP contribution is 2.18. The molecule has 1 fully saturated rings. The number of hydrogen-bond acceptors (Lipinski definition) is 4. The smallest absolute Gasteiger partial charge is 0.126 e. The van der Waals surface area contributed by atoms with E-state index in [9.17, 15) is 0 Å². The molecule has 0 spiro atoms. The van der Waals surface area contributed by atoms with Crippen LogP contribution < -0.4 is 4.74 Å². The van der Waals surface area contributed by atoms with Gasteiger partial charge in [0.15, 0.2) is 0 Å². The van der Waals surface area contributed by atoms with Crippen LogP contribution in [0.5, 0.6) is 5.75 Å². The molecule has 1 saturated heterocycles. The molecule has 0 amide bonds. The van der Waals surface area contributed by atoms with Crippen molar-refractivity contribution in [2.24, 2.45) is 0 Å². The van der Waals surface area contributed by atoms with Crippen molar-refractivity contribution in [3.63, 3.8) is 0 Å². The lowest BCUT2D eigenvalue weighted by atomic mass is 10.2. The van der Waals surface area contributed by atoms with Gasteiger partial charge < -0.3 is 19.1 Å². The van der Waals surface area contributed by atoms with Crippen LogP contribution in [0.1, 0.15) is 5.56 Å². The van der Waals surface area contributed by atoms with Gasteiger partial charge in [0.05, 0.1) is 33.0 Å². The first-order chi connectivity index (χ1) is 9.79. The topological polar surface area (TPSA) is 30.9 Å². The first kappa shape index (κ1) is 15.0. The molecular formula is C16H23NO3. The molecule has 4 heteroatoms. The van der Waals surface area contributed by atoms with Crippen LogP contribution in [0, 0.1) is 0 Å². The van der Waals surface area contributed by atoms with Crippen molar-refractivity contribution in [2.75, 3.05) is 47.1 Å². The minimum atomic E-state index is 0.188. The summed E-state index contributed by atoms with van der Waals surface area (Å²) in [7, 11) is 3.78. The summed E-state index contributed by atoms with van der Waals surface area (Å²) < 4.78 is 16.4. The van der Waals surface area contributed by atoms with E-state index < -0.39 is 0 Å². The molecule has 1 aromatic rings. The van der Waals surface area contributed by atoms with Crippen molar-refractivity contribution in [1.82, 2.24) is 4.90 Å². The maximum atomic E-state index is 5.64. The van der Waals surface area contributed by atoms with Gasteiger partial charge in [-0.15, -0.1) is 0 Å². The number of likely N-dealkylation sites (N-methyl/N-ethyl adjacent to an activating group) is 1. The van der Waals surface area contributed by atoms with Gasteiger partial charge in [-0.1, -0.05) is 30.4 Å². The monoisotopic (exact) mass is 277 g/mol. The zero-order valence-electron chi connectivity index (χ0n) is 12.2. The Balaban J connectivity index is 1.79. The zero-order chi connectivity index (χ0) is 14.2. The standard InChI is InChI=1S/C16H23NO3/c1-17(12-15-13-19-10-11-20-15)9-5-7-14-6-3-4-8-16(14)18-2/h3-8,15H,9-13H2,1-2H3/b7-5+/t15-/m1/s1. The molecule has 0 bridgehead atoms. The average Bonchev–Trinajstić information content (AvgIpc) is 2.49. The lowest BCUT2D eigenvalue weighted by Crippen LogP contribution is -2.38. The minimum Gasteiger partial charge on any atom is -0.496 e. The van der Waals surface area contributed by atoms with Crippen LogP contribution in [0.3, 0.4) is 0 Å². The predicted molar refractivity (Wildman–Crippen MR) is 80.1 cm³/mol. The summed E-state index contributed by atoms with van der Waals surface area (Å²) in [6.45, 7) is 3.87. The molecule has 1 atom stereocenters. The van der Waals surface area contributed by atoms with E-state index >= 15 is 0 Å². The second-order valence-corrected chi connectivity index (χ2v) is 4.93. The fourth-order valence-corrected chi connectivity index (χ4v) is 2.23. The third-order valence-corrected chi connectivity index (χ3v) is 3.25. The maximum absolute atomic E-state index is 5.64. The number of benzene rings is 1. The van der Waals surface area contributed by atoms with E-state index in [2.05, 4.69) is 24.1 Å². The summed E-state index contributed by atoms with van der Waals surface area (Å²) in [4.78, 5) is 2.23. The first-order valence-corrected chi connectivity index (χ1v) is 6.97. The van der Waals surface area contributed by atoms with Crippen LogP contribution >= 0.6 is 0 Å². The minimum absolute atomic E-state index is 0.188. The van der Waals surface area contributed by atoms with Gasteiger partial charge in [0.25, 0.3) is 0 Å². The average molecular weight is 277 g/mol. The number of hydrogen-bond donors (Lipinski definition) is 0. The summed E-state index contributed by atoms with van der Waals surface area (Å²) in [5, 5.41) is 0. The Hall–Kier alpha value is -1.36. The molecule has 4 nitrogen and oxygen atoms in total. The number of ether oxygens (including phenoxy) is 3. The van der Waals surface area contributed by atoms with Crippen molar-refractivity contribution in [1.29, 1.82) is 0 Å². The number of rotatable bonds is 6. The van der Waals surface area contributed by atoms with Crippen LogP contribution in [0.15, 0.2) is 30.3 Å². The normalized spacial score (nSPS) is 19.6. The SMILES string of the molecule is COc1ccccc1/C=C/CN(C)C[C@@H]1COCCO1. The Bertz CT molecular complexity index is 427. The van der Waals surface area contributed by atoms with E-state index in [-0.39, 0.29) is 6.10 Å². The highest BCUT2D eigenvalue weighted by atomic mass is 16.6. The molecule has 20 heavy (non-hydrogen) atoms. The van der Waals surface area contributed by atoms with Gasteiger partial charge >= 0.3 is 0 Å². The van der Waals surface area contributed by atoms with Gasteiger partial charge in [0.2, 0.25) is 0 Å². The van der Waals surface area contributed by atoms with Crippen LogP contribution in [0.4, 0.5) is 0 Å². The lowest BCUT2D eigenvalue weighted by molar-refractivity contribution is -0.0950. The highest BCUT2D eigenvalue weighted by Gasteiger charge is 2.15. The number of para-hydroxylation sites is 1. The van der Waals surface area contributed by atoms with Crippen LogP contribution in [0.25, 0.3) is 6.08 Å². The number of nitrogens with zero attached hydrogens (tertiary/aromatic N) is 1. The van der Waals surface area contributed by atoms with Crippen LogP contribution in [0.2, 0.25) is 0 Å². The molecule has 1 aromatic carbocycles. The van der Waals surface area contributed by atoms with Gasteiger partial charge in [-0.3, -0.25) is 0 Å². The highest BCUT2D eigenvalue weighted by molar-refractivity contribution is 5.57. The molecule has 0 N–H and O–H groups in total. The Morgan fingerprint density at radius 1 is 1.35 bits per heavy atom. The molecular weight excluding hydrogens is 254 g/mol. The van der Waals surface area contributed by atoms with E-state index in [1.807, 2.05) is 24.3 Å². The quantitative estimate of drug-likeness (QED) is 0.796. The van der Waals surface area contributed by atoms with Gasteiger partial charge in [-0.05, 0) is 13.1 Å². The van der Waals surface area contributed by atoms with Crippen molar-refractivity contribution in [3.05, 3.63) is 35.9 Å². The molecule has 0 aromatic heterocycles. The van der Waals surface area contributed by atoms with Crippen LogP contribution in [-0.2, 0) is 9.47 Å². The molecule has 1 aliphatic heterocycles. The van der Waals surface area contributed by atoms with Crippen LogP contribution in [-0.4, -0.2) is 58.1 Å². The molecule has 0 saturated carbocycles. The summed E-state index contributed by atoms with van der Waals surface area (Å²) in [6.07, 6.45) is 4.42. The van der Waals surface area contributed by atoms with Crippen molar-refractivity contribution in [2.45, 2.75) is 6.10 Å². The van der Waals surface area contributed by atoms with Crippen molar-refractivity contribution < 1.29 is 14.2 Å². The predicted octanol–water partition coefficient (Wildman–Crippen LogP) is 2.06. The molecule has 0 aliphatic carbocycles. The van der Waals surface area contributed by atoms with Gasteiger partial charge in [-0.2, -0.15) is 0 Å². The van der Waals surface area contributed by atoms with E-state index in [0.29, 0.717) is 19.8 Å². The molecule has 2 rings (SSSR count). The Morgan fingerprint density at radius 2 is 2.20 bits per heavy atom. The third-order valence-electron chi connectivity index (χ3n) is 3.25. The Kier molecular flexibility index (Phi) is 6.05. The van der Waals surface area contributed by atoms with Gasteiger partial charge in [-0.25, -0.2) is 0 Å². The zero-order valence-corrected chi connectivity index (χ0v) is 12.2. The molecule has 1 aliphatic rings. The Labute approximate surface area is 120 Å². The summed E-state index contributed by atoms with van der Waals surface area (Å²) in [5.74, 6) is 0.899. The Morgan fingerprint density at radius 3 is 2.95 bits per heavy atom. The van der Waals surface area contributed by atoms with Gasteiger partial charge in [0.1, 0.15) is 5.75 Å². The fraction of sp³-hybridized carbons (Fsp3) is 0.500. The number of methoxy groups -OCH3 is 1. The largest absolute Gasteiger partial charge is 0.496 e. The van der Waals surface area contributed by atoms with E-state index in [4.69, 9.17) is 14.2 Å². The fourth-order valence-electron chi connectivity index (χ4n) is 2.23. The second-order valence-electron chi connectivity index (χ2n) is 4.93. The first-order valence-electron chi connectivity index (χ1n) is 6.97. The van der Waals surface area contributed by atoms with Crippen molar-refractivity contribution in [3.8, 4) is 5.75 Å². The van der Waals surface area contributed by atoms with Crippen molar-refractivity contribution >= 4 is 6.08 Å². The lowest BCUT2D eigenvalue weighted by Gasteiger charge is -2.26. The maximum Gasteiger partial charge on any atom is 0.126 e. The van der Waals surface area contributed by atoms with E-state index in [0.717, 1.165) is 24.4 Å². The summed E-state index contributed by atoms with van der Waals surface area (Å²) >= 11 is 0. The molecule has 0 radical (unpaired) electrons. The summed E-state index contributed by atoms with van der Waals surface area (Å²) in [6, 6.07) is 8.01. The molecule has 110 valence electrons. The van der Waals surface area contributed by atoms with E-state index in [1.165, 1.54) is 0 Å². The molecule has 1 heterocycles.